The summed E-state index contributed by atoms with van der Waals surface area (Å²) in [7, 11) is 0. The monoisotopic (exact) mass is 786 g/mol. The Morgan fingerprint density at radius 3 is 1.35 bits per heavy atom. The van der Waals surface area contributed by atoms with E-state index in [1.807, 2.05) is 54.7 Å². The molecule has 4 nitrogen and oxygen atoms in total. The van der Waals surface area contributed by atoms with E-state index in [1.54, 1.807) is 0 Å². The molecular formula is C58H34N4. The van der Waals surface area contributed by atoms with Gasteiger partial charge in [-0.25, -0.2) is 15.0 Å². The Balaban J connectivity index is 0.943. The van der Waals surface area contributed by atoms with E-state index in [1.165, 1.54) is 75.8 Å². The quantitative estimate of drug-likeness (QED) is 0.163. The van der Waals surface area contributed by atoms with Crippen molar-refractivity contribution >= 4 is 75.5 Å². The van der Waals surface area contributed by atoms with Crippen LogP contribution in [0, 0.1) is 0 Å². The largest absolute Gasteiger partial charge is 0.255 e. The van der Waals surface area contributed by atoms with Gasteiger partial charge in [0.05, 0.1) is 5.52 Å². The summed E-state index contributed by atoms with van der Waals surface area (Å²) in [6.07, 6.45) is 1.85. The van der Waals surface area contributed by atoms with Crippen LogP contribution in [0.3, 0.4) is 0 Å². The first-order chi connectivity index (χ1) is 30.7. The molecule has 0 bridgehead atoms. The second-order valence-electron chi connectivity index (χ2n) is 16.2. The topological polar surface area (TPSA) is 51.6 Å². The Bertz CT molecular complexity index is 3910. The minimum absolute atomic E-state index is 0.589. The summed E-state index contributed by atoms with van der Waals surface area (Å²) in [4.78, 5) is 19.7. The minimum atomic E-state index is 0.589. The molecule has 11 aromatic carbocycles. The third kappa shape index (κ3) is 5.47. The van der Waals surface area contributed by atoms with Gasteiger partial charge >= 0.3 is 0 Å². The summed E-state index contributed by atoms with van der Waals surface area (Å²) in [5.74, 6) is 1.83. The van der Waals surface area contributed by atoms with Crippen molar-refractivity contribution in [3.05, 3.63) is 206 Å². The predicted molar refractivity (Wildman–Crippen MR) is 259 cm³/mol. The van der Waals surface area contributed by atoms with Crippen molar-refractivity contribution in [2.24, 2.45) is 0 Å². The van der Waals surface area contributed by atoms with Crippen LogP contribution in [0.25, 0.3) is 132 Å². The fraction of sp³-hybridized carbons (Fsp3) is 0. The van der Waals surface area contributed by atoms with Crippen LogP contribution in [-0.4, -0.2) is 19.9 Å². The molecule has 0 aliphatic rings. The maximum Gasteiger partial charge on any atom is 0.165 e. The van der Waals surface area contributed by atoms with Gasteiger partial charge in [0, 0.05) is 28.3 Å². The lowest BCUT2D eigenvalue weighted by Crippen LogP contribution is -2.00. The van der Waals surface area contributed by atoms with Gasteiger partial charge in [-0.3, -0.25) is 4.98 Å². The molecule has 0 saturated heterocycles. The number of hydrogen-bond acceptors (Lipinski definition) is 4. The lowest BCUT2D eigenvalue weighted by molar-refractivity contribution is 1.07. The molecule has 0 aliphatic heterocycles. The van der Waals surface area contributed by atoms with Crippen LogP contribution in [0.15, 0.2) is 206 Å². The molecule has 0 saturated carbocycles. The van der Waals surface area contributed by atoms with E-state index in [0.717, 1.165) is 38.7 Å². The molecule has 0 fully saturated rings. The van der Waals surface area contributed by atoms with Gasteiger partial charge < -0.3 is 0 Å². The van der Waals surface area contributed by atoms with Gasteiger partial charge in [0.15, 0.2) is 17.5 Å². The molecule has 0 amide bonds. The molecule has 0 unspecified atom stereocenters. The smallest absolute Gasteiger partial charge is 0.165 e. The van der Waals surface area contributed by atoms with Crippen molar-refractivity contribution in [2.45, 2.75) is 0 Å². The highest BCUT2D eigenvalue weighted by Crippen LogP contribution is 2.44. The summed E-state index contributed by atoms with van der Waals surface area (Å²) in [5.41, 5.74) is 8.24. The number of aromatic nitrogens is 4. The zero-order chi connectivity index (χ0) is 40.7. The van der Waals surface area contributed by atoms with E-state index in [0.29, 0.717) is 17.5 Å². The van der Waals surface area contributed by atoms with Crippen molar-refractivity contribution in [1.29, 1.82) is 0 Å². The average Bonchev–Trinajstić information content (AvgIpc) is 3.35. The summed E-state index contributed by atoms with van der Waals surface area (Å²) in [6.45, 7) is 0. The SMILES string of the molecule is c1ccc(-c2nc(-c3ccc(-c4cccc(-c5cc6ccc7cccc8c9cccc%10ccc%11cccc(c(c5)c6c78)c%11c%109)c4)cc3)nc(-c3cnc4ccccc4c3)n2)cc1. The summed E-state index contributed by atoms with van der Waals surface area (Å²) in [5, 5.41) is 16.4. The van der Waals surface area contributed by atoms with E-state index >= 15 is 0 Å². The summed E-state index contributed by atoms with van der Waals surface area (Å²) >= 11 is 0. The predicted octanol–water partition coefficient (Wildman–Crippen LogP) is 15.1. The van der Waals surface area contributed by atoms with Crippen molar-refractivity contribution in [1.82, 2.24) is 19.9 Å². The molecule has 286 valence electrons. The first-order valence-electron chi connectivity index (χ1n) is 21.0. The Morgan fingerprint density at radius 1 is 0.242 bits per heavy atom. The van der Waals surface area contributed by atoms with Crippen LogP contribution in [-0.2, 0) is 0 Å². The standard InChI is InChI=1S/C58H34N4/c1-2-10-39(11-3-1)56-60-57(62-58(61-56)46-31-43-12-4-5-21-51(43)59-34-46)40-27-22-35(23-28-40)41-16-6-17-42(30-41)45-32-44-29-26-38-14-8-19-48-47-18-7-13-36-24-25-37-15-9-20-49(54(37)52(36)47)50(33-45)55(44)53(38)48/h1-34H. The van der Waals surface area contributed by atoms with Crippen LogP contribution < -0.4 is 0 Å². The van der Waals surface area contributed by atoms with Crippen LogP contribution in [0.5, 0.6) is 0 Å². The molecule has 13 aromatic rings. The molecule has 0 atom stereocenters. The Kier molecular flexibility index (Phi) is 7.57. The van der Waals surface area contributed by atoms with Gasteiger partial charge in [0.25, 0.3) is 0 Å². The number of rotatable bonds is 5. The van der Waals surface area contributed by atoms with Gasteiger partial charge in [-0.05, 0) is 117 Å². The zero-order valence-corrected chi connectivity index (χ0v) is 33.4. The number of nitrogens with zero attached hydrogens (tertiary/aromatic N) is 4. The molecule has 2 aromatic heterocycles. The van der Waals surface area contributed by atoms with Gasteiger partial charge in [0.2, 0.25) is 0 Å². The highest BCUT2D eigenvalue weighted by atomic mass is 15.0. The number of benzene rings is 10. The lowest BCUT2D eigenvalue weighted by atomic mass is 9.86. The fourth-order valence-corrected chi connectivity index (χ4v) is 9.68. The molecule has 0 spiro atoms. The first-order valence-corrected chi connectivity index (χ1v) is 21.0. The van der Waals surface area contributed by atoms with E-state index in [4.69, 9.17) is 19.9 Å². The molecule has 0 N–H and O–H groups in total. The van der Waals surface area contributed by atoms with E-state index in [9.17, 15) is 0 Å². The van der Waals surface area contributed by atoms with Gasteiger partial charge in [-0.15, -0.1) is 0 Å². The molecule has 4 heteroatoms. The van der Waals surface area contributed by atoms with Crippen LogP contribution in [0.4, 0.5) is 0 Å². The Hall–Kier alpha value is -8.34. The van der Waals surface area contributed by atoms with Crippen molar-refractivity contribution in [2.75, 3.05) is 0 Å². The van der Waals surface area contributed by atoms with Crippen LogP contribution in [0.2, 0.25) is 0 Å². The van der Waals surface area contributed by atoms with Crippen LogP contribution in [0.1, 0.15) is 0 Å². The van der Waals surface area contributed by atoms with E-state index in [2.05, 4.69) is 152 Å². The lowest BCUT2D eigenvalue weighted by Gasteiger charge is -2.17. The highest BCUT2D eigenvalue weighted by molar-refractivity contribution is 6.37. The molecule has 0 aliphatic carbocycles. The Morgan fingerprint density at radius 2 is 0.694 bits per heavy atom. The van der Waals surface area contributed by atoms with Gasteiger partial charge in [-0.2, -0.15) is 0 Å². The highest BCUT2D eigenvalue weighted by Gasteiger charge is 2.17. The second-order valence-corrected chi connectivity index (χ2v) is 16.2. The molecule has 62 heavy (non-hydrogen) atoms. The fourth-order valence-electron chi connectivity index (χ4n) is 9.68. The van der Waals surface area contributed by atoms with Gasteiger partial charge in [-0.1, -0.05) is 170 Å². The summed E-state index contributed by atoms with van der Waals surface area (Å²) in [6, 6.07) is 72.0. The maximum atomic E-state index is 5.02. The molecule has 0 radical (unpaired) electrons. The van der Waals surface area contributed by atoms with Crippen molar-refractivity contribution in [3.63, 3.8) is 0 Å². The number of hydrogen-bond donors (Lipinski definition) is 0. The molecule has 13 rings (SSSR count). The normalized spacial score (nSPS) is 11.9. The van der Waals surface area contributed by atoms with Crippen molar-refractivity contribution in [3.8, 4) is 56.4 Å². The van der Waals surface area contributed by atoms with Crippen LogP contribution >= 0.6 is 0 Å². The maximum absolute atomic E-state index is 5.02. The van der Waals surface area contributed by atoms with Crippen molar-refractivity contribution < 1.29 is 0 Å². The average molecular weight is 787 g/mol. The molecule has 2 heterocycles. The number of para-hydroxylation sites is 1. The van der Waals surface area contributed by atoms with E-state index < -0.39 is 0 Å². The third-order valence-corrected chi connectivity index (χ3v) is 12.6. The van der Waals surface area contributed by atoms with Gasteiger partial charge in [0.1, 0.15) is 0 Å². The van der Waals surface area contributed by atoms with E-state index in [-0.39, 0.29) is 0 Å². The second kappa shape index (κ2) is 13.6. The Labute approximate surface area is 356 Å². The number of fused-ring (bicyclic) bond motifs is 3. The number of pyridine rings is 1. The zero-order valence-electron chi connectivity index (χ0n) is 33.4. The third-order valence-electron chi connectivity index (χ3n) is 12.6. The summed E-state index contributed by atoms with van der Waals surface area (Å²) < 4.78 is 0. The molecular weight excluding hydrogens is 753 g/mol. The minimum Gasteiger partial charge on any atom is -0.255 e. The first kappa shape index (κ1) is 34.5.